The Morgan fingerprint density at radius 3 is 2.77 bits per heavy atom. The molecular formula is C20H27N3O3. The zero-order valence-corrected chi connectivity index (χ0v) is 15.5. The van der Waals surface area contributed by atoms with Crippen molar-refractivity contribution in [1.82, 2.24) is 10.3 Å². The summed E-state index contributed by atoms with van der Waals surface area (Å²) in [5, 5.41) is 3.23. The van der Waals surface area contributed by atoms with E-state index >= 15 is 0 Å². The van der Waals surface area contributed by atoms with Crippen LogP contribution in [0, 0.1) is 11.8 Å². The third-order valence-corrected chi connectivity index (χ3v) is 5.89. The van der Waals surface area contributed by atoms with Gasteiger partial charge in [-0.25, -0.2) is 9.78 Å². The predicted octanol–water partition coefficient (Wildman–Crippen LogP) is 3.05. The van der Waals surface area contributed by atoms with Gasteiger partial charge in [0.15, 0.2) is 0 Å². The molecule has 2 amide bonds. The SMILES string of the molecule is CC1(C)CN(c2ccc(CC3CC4CCCCC4NC3=O)cn2)C(=O)O1. The van der Waals surface area contributed by atoms with Gasteiger partial charge in [0, 0.05) is 18.2 Å². The summed E-state index contributed by atoms with van der Waals surface area (Å²) in [5.41, 5.74) is 0.545. The standard InChI is InChI=1S/C20H27N3O3/c1-20(2)12-23(19(25)26-20)17-8-7-13(11-21-17)9-15-10-14-5-3-4-6-16(14)22-18(15)24/h7-8,11,14-16H,3-6,9-10,12H2,1-2H3,(H,22,24). The summed E-state index contributed by atoms with van der Waals surface area (Å²) in [6, 6.07) is 4.21. The van der Waals surface area contributed by atoms with Crippen LogP contribution in [0.15, 0.2) is 18.3 Å². The highest BCUT2D eigenvalue weighted by Gasteiger charge is 2.39. The molecule has 3 fully saturated rings. The van der Waals surface area contributed by atoms with Crippen molar-refractivity contribution in [2.75, 3.05) is 11.4 Å². The van der Waals surface area contributed by atoms with Crippen LogP contribution in [-0.2, 0) is 16.0 Å². The molecule has 6 nitrogen and oxygen atoms in total. The summed E-state index contributed by atoms with van der Waals surface area (Å²) in [5.74, 6) is 1.44. The lowest BCUT2D eigenvalue weighted by molar-refractivity contribution is -0.129. The van der Waals surface area contributed by atoms with Crippen LogP contribution in [0.1, 0.15) is 51.5 Å². The summed E-state index contributed by atoms with van der Waals surface area (Å²) >= 11 is 0. The monoisotopic (exact) mass is 357 g/mol. The van der Waals surface area contributed by atoms with E-state index in [9.17, 15) is 9.59 Å². The van der Waals surface area contributed by atoms with E-state index in [0.717, 1.165) is 18.4 Å². The molecule has 0 bridgehead atoms. The molecular weight excluding hydrogens is 330 g/mol. The summed E-state index contributed by atoms with van der Waals surface area (Å²) in [4.78, 5) is 30.4. The summed E-state index contributed by atoms with van der Waals surface area (Å²) in [6.07, 6.45) is 7.98. The number of hydrogen-bond donors (Lipinski definition) is 1. The molecule has 1 saturated carbocycles. The smallest absolute Gasteiger partial charge is 0.416 e. The highest BCUT2D eigenvalue weighted by molar-refractivity contribution is 5.89. The molecule has 1 aromatic heterocycles. The van der Waals surface area contributed by atoms with Gasteiger partial charge in [0.2, 0.25) is 5.91 Å². The van der Waals surface area contributed by atoms with E-state index in [1.165, 1.54) is 19.3 Å². The number of rotatable bonds is 3. The van der Waals surface area contributed by atoms with E-state index in [2.05, 4.69) is 10.3 Å². The number of amides is 2. The average molecular weight is 357 g/mol. The maximum absolute atomic E-state index is 12.4. The lowest BCUT2D eigenvalue weighted by Gasteiger charge is -2.39. The highest BCUT2D eigenvalue weighted by atomic mass is 16.6. The third-order valence-electron chi connectivity index (χ3n) is 5.89. The van der Waals surface area contributed by atoms with Gasteiger partial charge in [0.25, 0.3) is 0 Å². The van der Waals surface area contributed by atoms with Crippen molar-refractivity contribution in [2.45, 2.75) is 64.0 Å². The Morgan fingerprint density at radius 1 is 1.27 bits per heavy atom. The van der Waals surface area contributed by atoms with Crippen LogP contribution >= 0.6 is 0 Å². The quantitative estimate of drug-likeness (QED) is 0.902. The first kappa shape index (κ1) is 17.3. The van der Waals surface area contributed by atoms with E-state index in [1.54, 1.807) is 11.1 Å². The van der Waals surface area contributed by atoms with E-state index in [0.29, 0.717) is 30.7 Å². The molecule has 26 heavy (non-hydrogen) atoms. The maximum Gasteiger partial charge on any atom is 0.416 e. The van der Waals surface area contributed by atoms with Gasteiger partial charge in [0.1, 0.15) is 11.4 Å². The summed E-state index contributed by atoms with van der Waals surface area (Å²) in [7, 11) is 0. The minimum absolute atomic E-state index is 0.0256. The Balaban J connectivity index is 1.41. The van der Waals surface area contributed by atoms with E-state index in [4.69, 9.17) is 4.74 Å². The number of nitrogens with zero attached hydrogens (tertiary/aromatic N) is 2. The van der Waals surface area contributed by atoms with Crippen molar-refractivity contribution in [1.29, 1.82) is 0 Å². The van der Waals surface area contributed by atoms with Gasteiger partial charge in [-0.05, 0) is 57.1 Å². The second kappa shape index (κ2) is 6.56. The molecule has 1 aromatic rings. The van der Waals surface area contributed by atoms with Crippen molar-refractivity contribution in [3.05, 3.63) is 23.9 Å². The van der Waals surface area contributed by atoms with Gasteiger partial charge < -0.3 is 10.1 Å². The van der Waals surface area contributed by atoms with Crippen LogP contribution in [-0.4, -0.2) is 35.2 Å². The zero-order chi connectivity index (χ0) is 18.3. The lowest BCUT2D eigenvalue weighted by Crippen LogP contribution is -2.51. The van der Waals surface area contributed by atoms with Gasteiger partial charge >= 0.3 is 6.09 Å². The second-order valence-electron chi connectivity index (χ2n) is 8.53. The normalized spacial score (nSPS) is 30.5. The van der Waals surface area contributed by atoms with E-state index in [-0.39, 0.29) is 17.9 Å². The molecule has 0 aromatic carbocycles. The molecule has 3 unspecified atom stereocenters. The average Bonchev–Trinajstić information content (AvgIpc) is 2.89. The molecule has 140 valence electrons. The number of fused-ring (bicyclic) bond motifs is 1. The van der Waals surface area contributed by atoms with Crippen molar-refractivity contribution in [2.24, 2.45) is 11.8 Å². The van der Waals surface area contributed by atoms with Gasteiger partial charge in [0.05, 0.1) is 6.54 Å². The molecule has 4 rings (SSSR count). The third kappa shape index (κ3) is 3.41. The number of carbonyl (C=O) groups excluding carboxylic acids is 2. The molecule has 6 heteroatoms. The van der Waals surface area contributed by atoms with Crippen molar-refractivity contribution in [3.63, 3.8) is 0 Å². The van der Waals surface area contributed by atoms with E-state index in [1.807, 2.05) is 26.0 Å². The van der Waals surface area contributed by atoms with Crippen LogP contribution in [0.3, 0.4) is 0 Å². The number of nitrogens with one attached hydrogen (secondary N) is 1. The molecule has 0 spiro atoms. The fourth-order valence-electron chi connectivity index (χ4n) is 4.55. The summed E-state index contributed by atoms with van der Waals surface area (Å²) in [6.45, 7) is 4.27. The molecule has 0 radical (unpaired) electrons. The topological polar surface area (TPSA) is 71.5 Å². The Bertz CT molecular complexity index is 701. The molecule has 2 saturated heterocycles. The number of carbonyl (C=O) groups is 2. The van der Waals surface area contributed by atoms with Crippen molar-refractivity contribution >= 4 is 17.8 Å². The predicted molar refractivity (Wildman–Crippen MR) is 97.8 cm³/mol. The molecule has 3 aliphatic rings. The number of anilines is 1. The van der Waals surface area contributed by atoms with Gasteiger partial charge in [-0.15, -0.1) is 0 Å². The highest BCUT2D eigenvalue weighted by Crippen LogP contribution is 2.34. The number of cyclic esters (lactones) is 1. The molecule has 1 aliphatic carbocycles. The second-order valence-corrected chi connectivity index (χ2v) is 8.53. The minimum Gasteiger partial charge on any atom is -0.441 e. The first-order valence-electron chi connectivity index (χ1n) is 9.67. The largest absolute Gasteiger partial charge is 0.441 e. The fraction of sp³-hybridized carbons (Fsp3) is 0.650. The first-order chi connectivity index (χ1) is 12.4. The summed E-state index contributed by atoms with van der Waals surface area (Å²) < 4.78 is 5.33. The Morgan fingerprint density at radius 2 is 2.08 bits per heavy atom. The maximum atomic E-state index is 12.4. The van der Waals surface area contributed by atoms with Gasteiger partial charge in [-0.2, -0.15) is 0 Å². The Kier molecular flexibility index (Phi) is 4.37. The fourth-order valence-corrected chi connectivity index (χ4v) is 4.55. The van der Waals surface area contributed by atoms with Crippen LogP contribution in [0.4, 0.5) is 10.6 Å². The van der Waals surface area contributed by atoms with E-state index < -0.39 is 5.60 Å². The zero-order valence-electron chi connectivity index (χ0n) is 15.5. The van der Waals surface area contributed by atoms with Crippen LogP contribution in [0.25, 0.3) is 0 Å². The lowest BCUT2D eigenvalue weighted by atomic mass is 9.74. The molecule has 3 atom stereocenters. The molecule has 2 aliphatic heterocycles. The van der Waals surface area contributed by atoms with Crippen molar-refractivity contribution < 1.29 is 14.3 Å². The number of pyridine rings is 1. The van der Waals surface area contributed by atoms with Crippen LogP contribution in [0.2, 0.25) is 0 Å². The van der Waals surface area contributed by atoms with Crippen molar-refractivity contribution in [3.8, 4) is 0 Å². The number of hydrogen-bond acceptors (Lipinski definition) is 4. The van der Waals surface area contributed by atoms with Gasteiger partial charge in [-0.3, -0.25) is 9.69 Å². The van der Waals surface area contributed by atoms with Crippen LogP contribution in [0.5, 0.6) is 0 Å². The number of aromatic nitrogens is 1. The Labute approximate surface area is 154 Å². The first-order valence-corrected chi connectivity index (χ1v) is 9.67. The number of piperidine rings is 1. The number of ether oxygens (including phenoxy) is 1. The van der Waals surface area contributed by atoms with Crippen LogP contribution < -0.4 is 10.2 Å². The Hall–Kier alpha value is -2.11. The van der Waals surface area contributed by atoms with Gasteiger partial charge in [-0.1, -0.05) is 18.9 Å². The minimum atomic E-state index is -0.492. The molecule has 1 N–H and O–H groups in total. The molecule has 3 heterocycles.